The number of anilines is 1. The number of aromatic nitrogens is 2. The fourth-order valence-corrected chi connectivity index (χ4v) is 3.28. The van der Waals surface area contributed by atoms with Crippen LogP contribution in [0.2, 0.25) is 0 Å². The summed E-state index contributed by atoms with van der Waals surface area (Å²) in [6.45, 7) is 2.84. The molecule has 1 aliphatic rings. The van der Waals surface area contributed by atoms with Crippen LogP contribution < -0.4 is 10.6 Å². The third-order valence-corrected chi connectivity index (χ3v) is 4.44. The molecule has 2 heterocycles. The highest BCUT2D eigenvalue weighted by molar-refractivity contribution is 5.92. The first-order chi connectivity index (χ1) is 11.6. The molecule has 0 saturated carbocycles. The predicted octanol–water partition coefficient (Wildman–Crippen LogP) is 1.68. The Bertz CT molecular complexity index is 674. The van der Waals surface area contributed by atoms with Crippen LogP contribution in [0.15, 0.2) is 42.6 Å². The molecule has 1 fully saturated rings. The van der Waals surface area contributed by atoms with Gasteiger partial charge in [0, 0.05) is 37.4 Å². The summed E-state index contributed by atoms with van der Waals surface area (Å²) in [4.78, 5) is 15.8. The fourth-order valence-electron chi connectivity index (χ4n) is 3.28. The normalized spacial score (nSPS) is 17.4. The number of amides is 1. The first kappa shape index (κ1) is 16.4. The Balaban J connectivity index is 1.59. The SMILES string of the molecule is CN(Cc1ccc(C(N)=O)cc1)C[C@@H]1CCCN1c1cccnn1. The van der Waals surface area contributed by atoms with Crippen LogP contribution in [0.25, 0.3) is 0 Å². The molecule has 0 unspecified atom stereocenters. The molecule has 24 heavy (non-hydrogen) atoms. The summed E-state index contributed by atoms with van der Waals surface area (Å²) in [5, 5.41) is 8.23. The van der Waals surface area contributed by atoms with Crippen molar-refractivity contribution in [3.05, 3.63) is 53.7 Å². The Morgan fingerprint density at radius 2 is 2.12 bits per heavy atom. The second-order valence-corrected chi connectivity index (χ2v) is 6.33. The van der Waals surface area contributed by atoms with Gasteiger partial charge in [-0.2, -0.15) is 5.10 Å². The summed E-state index contributed by atoms with van der Waals surface area (Å²) in [6.07, 6.45) is 4.06. The number of rotatable bonds is 6. The van der Waals surface area contributed by atoms with Crippen molar-refractivity contribution in [2.75, 3.05) is 25.0 Å². The van der Waals surface area contributed by atoms with Gasteiger partial charge in [-0.05, 0) is 49.7 Å². The Morgan fingerprint density at radius 3 is 2.79 bits per heavy atom. The number of benzene rings is 1. The second-order valence-electron chi connectivity index (χ2n) is 6.33. The smallest absolute Gasteiger partial charge is 0.248 e. The summed E-state index contributed by atoms with van der Waals surface area (Å²) in [5.41, 5.74) is 7.00. The van der Waals surface area contributed by atoms with Gasteiger partial charge in [-0.25, -0.2) is 0 Å². The first-order valence-electron chi connectivity index (χ1n) is 8.25. The number of likely N-dealkylation sites (N-methyl/N-ethyl adjacent to an activating group) is 1. The quantitative estimate of drug-likeness (QED) is 0.874. The first-order valence-corrected chi connectivity index (χ1v) is 8.25. The number of hydrogen-bond acceptors (Lipinski definition) is 5. The molecule has 2 N–H and O–H groups in total. The van der Waals surface area contributed by atoms with Crippen molar-refractivity contribution >= 4 is 11.7 Å². The average molecular weight is 325 g/mol. The molecule has 2 aromatic rings. The third kappa shape index (κ3) is 3.89. The van der Waals surface area contributed by atoms with Crippen LogP contribution in [0, 0.1) is 0 Å². The third-order valence-electron chi connectivity index (χ3n) is 4.44. The lowest BCUT2D eigenvalue weighted by atomic mass is 10.1. The van der Waals surface area contributed by atoms with Crippen LogP contribution in [0.3, 0.4) is 0 Å². The van der Waals surface area contributed by atoms with Gasteiger partial charge in [0.05, 0.1) is 0 Å². The van der Waals surface area contributed by atoms with E-state index >= 15 is 0 Å². The van der Waals surface area contributed by atoms with Crippen LogP contribution in [-0.2, 0) is 6.54 Å². The van der Waals surface area contributed by atoms with Gasteiger partial charge in [-0.3, -0.25) is 4.79 Å². The number of carbonyl (C=O) groups is 1. The van der Waals surface area contributed by atoms with E-state index < -0.39 is 0 Å². The topological polar surface area (TPSA) is 75.3 Å². The van der Waals surface area contributed by atoms with E-state index in [1.807, 2.05) is 24.3 Å². The molecule has 126 valence electrons. The summed E-state index contributed by atoms with van der Waals surface area (Å²) in [5.74, 6) is 0.569. The van der Waals surface area contributed by atoms with Crippen LogP contribution in [-0.4, -0.2) is 47.2 Å². The van der Waals surface area contributed by atoms with Crippen LogP contribution in [0.5, 0.6) is 0 Å². The zero-order valence-corrected chi connectivity index (χ0v) is 13.9. The van der Waals surface area contributed by atoms with E-state index in [1.54, 1.807) is 18.3 Å². The van der Waals surface area contributed by atoms with Crippen molar-refractivity contribution < 1.29 is 4.79 Å². The average Bonchev–Trinajstić information content (AvgIpc) is 3.04. The van der Waals surface area contributed by atoms with Crippen molar-refractivity contribution in [1.82, 2.24) is 15.1 Å². The van der Waals surface area contributed by atoms with Crippen molar-refractivity contribution in [1.29, 1.82) is 0 Å². The highest BCUT2D eigenvalue weighted by Gasteiger charge is 2.26. The molecule has 0 radical (unpaired) electrons. The van der Waals surface area contributed by atoms with E-state index in [0.717, 1.165) is 25.5 Å². The number of nitrogens with zero attached hydrogens (tertiary/aromatic N) is 4. The van der Waals surface area contributed by atoms with Gasteiger partial charge in [0.15, 0.2) is 5.82 Å². The molecule has 0 aliphatic carbocycles. The van der Waals surface area contributed by atoms with Gasteiger partial charge in [-0.15, -0.1) is 5.10 Å². The molecular formula is C18H23N5O. The van der Waals surface area contributed by atoms with Crippen LogP contribution >= 0.6 is 0 Å². The van der Waals surface area contributed by atoms with Crippen molar-refractivity contribution in [3.8, 4) is 0 Å². The molecule has 3 rings (SSSR count). The number of nitrogens with two attached hydrogens (primary N) is 1. The van der Waals surface area contributed by atoms with Gasteiger partial charge in [0.2, 0.25) is 5.91 Å². The van der Waals surface area contributed by atoms with E-state index in [-0.39, 0.29) is 5.91 Å². The summed E-state index contributed by atoms with van der Waals surface area (Å²) >= 11 is 0. The standard InChI is InChI=1S/C18H23N5O/c1-22(12-14-6-8-15(9-7-14)18(19)24)13-16-4-3-11-23(16)17-5-2-10-20-21-17/h2,5-10,16H,3-4,11-13H2,1H3,(H2,19,24)/t16-/m0/s1. The molecule has 1 aromatic carbocycles. The monoisotopic (exact) mass is 325 g/mol. The number of primary amides is 1. The van der Waals surface area contributed by atoms with E-state index in [2.05, 4.69) is 27.0 Å². The maximum Gasteiger partial charge on any atom is 0.248 e. The molecule has 0 spiro atoms. The minimum absolute atomic E-state index is 0.388. The lowest BCUT2D eigenvalue weighted by Crippen LogP contribution is -2.39. The van der Waals surface area contributed by atoms with Crippen LogP contribution in [0.4, 0.5) is 5.82 Å². The number of carbonyl (C=O) groups excluding carboxylic acids is 1. The van der Waals surface area contributed by atoms with Gasteiger partial charge >= 0.3 is 0 Å². The molecule has 1 aromatic heterocycles. The maximum absolute atomic E-state index is 11.1. The molecule has 0 bridgehead atoms. The Labute approximate surface area is 142 Å². The highest BCUT2D eigenvalue weighted by atomic mass is 16.1. The molecule has 1 saturated heterocycles. The fraction of sp³-hybridized carbons (Fsp3) is 0.389. The van der Waals surface area contributed by atoms with Gasteiger partial charge in [0.1, 0.15) is 0 Å². The van der Waals surface area contributed by atoms with Crippen molar-refractivity contribution in [2.45, 2.75) is 25.4 Å². The molecule has 6 nitrogen and oxygen atoms in total. The zero-order chi connectivity index (χ0) is 16.9. The summed E-state index contributed by atoms with van der Waals surface area (Å²) in [6, 6.07) is 11.9. The Morgan fingerprint density at radius 1 is 1.33 bits per heavy atom. The van der Waals surface area contributed by atoms with E-state index in [9.17, 15) is 4.79 Å². The summed E-state index contributed by atoms with van der Waals surface area (Å²) in [7, 11) is 2.12. The van der Waals surface area contributed by atoms with Gasteiger partial charge in [0.25, 0.3) is 0 Å². The molecule has 1 atom stereocenters. The highest BCUT2D eigenvalue weighted by Crippen LogP contribution is 2.23. The predicted molar refractivity (Wildman–Crippen MR) is 93.7 cm³/mol. The van der Waals surface area contributed by atoms with Crippen molar-refractivity contribution in [3.63, 3.8) is 0 Å². The minimum Gasteiger partial charge on any atom is -0.366 e. The molecular weight excluding hydrogens is 302 g/mol. The lowest BCUT2D eigenvalue weighted by Gasteiger charge is -2.29. The maximum atomic E-state index is 11.1. The summed E-state index contributed by atoms with van der Waals surface area (Å²) < 4.78 is 0. The molecule has 1 amide bonds. The Kier molecular flexibility index (Phi) is 5.05. The largest absolute Gasteiger partial charge is 0.366 e. The van der Waals surface area contributed by atoms with E-state index in [1.165, 1.54) is 18.4 Å². The van der Waals surface area contributed by atoms with Gasteiger partial charge in [-0.1, -0.05) is 12.1 Å². The van der Waals surface area contributed by atoms with Gasteiger partial charge < -0.3 is 15.5 Å². The Hall–Kier alpha value is -2.47. The molecule has 1 aliphatic heterocycles. The minimum atomic E-state index is -0.388. The van der Waals surface area contributed by atoms with Crippen LogP contribution in [0.1, 0.15) is 28.8 Å². The van der Waals surface area contributed by atoms with E-state index in [4.69, 9.17) is 5.73 Å². The number of hydrogen-bond donors (Lipinski definition) is 1. The second kappa shape index (κ2) is 7.40. The lowest BCUT2D eigenvalue weighted by molar-refractivity contribution is 0.100. The zero-order valence-electron chi connectivity index (χ0n) is 13.9. The van der Waals surface area contributed by atoms with Crippen molar-refractivity contribution in [2.24, 2.45) is 5.73 Å². The molecule has 6 heteroatoms. The van der Waals surface area contributed by atoms with E-state index in [0.29, 0.717) is 11.6 Å².